The molecule has 3 rings (SSSR count). The summed E-state index contributed by atoms with van der Waals surface area (Å²) in [6.07, 6.45) is 5.72. The van der Waals surface area contributed by atoms with E-state index in [1.54, 1.807) is 18.2 Å². The summed E-state index contributed by atoms with van der Waals surface area (Å²) in [5.74, 6) is 1.11. The molecule has 0 unspecified atom stereocenters. The van der Waals surface area contributed by atoms with E-state index in [2.05, 4.69) is 16.3 Å². The lowest BCUT2D eigenvalue weighted by atomic mass is 10.1. The van der Waals surface area contributed by atoms with E-state index >= 15 is 0 Å². The lowest BCUT2D eigenvalue weighted by Gasteiger charge is -2.06. The molecular formula is C16H15FN4. The molecule has 4 nitrogen and oxygen atoms in total. The Hall–Kier alpha value is -2.48. The molecule has 1 aliphatic heterocycles. The average molecular weight is 282 g/mol. The van der Waals surface area contributed by atoms with Crippen LogP contribution in [0.3, 0.4) is 0 Å². The molecule has 106 valence electrons. The van der Waals surface area contributed by atoms with Crippen molar-refractivity contribution < 1.29 is 4.39 Å². The standard InChI is InChI=1S/C16H15FN4/c17-14-7-4-3-6-12(14)10-13(11-18)16-20-19-15-8-2-1-5-9-21(15)16/h3-4,6-7,10H,1-2,5,8-9H2/b13-10+. The van der Waals surface area contributed by atoms with Crippen molar-refractivity contribution in [1.29, 1.82) is 5.26 Å². The molecular weight excluding hydrogens is 267 g/mol. The molecule has 2 aromatic rings. The SMILES string of the molecule is N#C/C(=C\c1ccccc1F)c1nnc2n1CCCCC2. The molecule has 5 heteroatoms. The van der Waals surface area contributed by atoms with Gasteiger partial charge in [-0.2, -0.15) is 5.26 Å². The Morgan fingerprint density at radius 1 is 1.24 bits per heavy atom. The molecule has 0 N–H and O–H groups in total. The van der Waals surface area contributed by atoms with Gasteiger partial charge in [-0.25, -0.2) is 4.39 Å². The predicted octanol–water partition coefficient (Wildman–Crippen LogP) is 3.21. The van der Waals surface area contributed by atoms with Crippen molar-refractivity contribution in [1.82, 2.24) is 14.8 Å². The second-order valence-corrected chi connectivity index (χ2v) is 5.09. The molecule has 0 aliphatic carbocycles. The molecule has 1 aromatic heterocycles. The number of rotatable bonds is 2. The van der Waals surface area contributed by atoms with Crippen LogP contribution in [0.15, 0.2) is 24.3 Å². The summed E-state index contributed by atoms with van der Waals surface area (Å²) in [5.41, 5.74) is 0.737. The molecule has 0 saturated carbocycles. The zero-order valence-electron chi connectivity index (χ0n) is 11.6. The zero-order chi connectivity index (χ0) is 14.7. The zero-order valence-corrected chi connectivity index (χ0v) is 11.6. The van der Waals surface area contributed by atoms with Gasteiger partial charge >= 0.3 is 0 Å². The molecule has 2 heterocycles. The van der Waals surface area contributed by atoms with Gasteiger partial charge in [-0.3, -0.25) is 0 Å². The van der Waals surface area contributed by atoms with Crippen LogP contribution in [0.4, 0.5) is 4.39 Å². The first-order valence-corrected chi connectivity index (χ1v) is 7.08. The van der Waals surface area contributed by atoms with E-state index in [1.165, 1.54) is 12.1 Å². The van der Waals surface area contributed by atoms with Crippen LogP contribution in [-0.2, 0) is 13.0 Å². The molecule has 0 bridgehead atoms. The Kier molecular flexibility index (Phi) is 3.78. The number of allylic oxidation sites excluding steroid dienone is 1. The third kappa shape index (κ3) is 2.70. The number of aromatic nitrogens is 3. The number of nitriles is 1. The summed E-state index contributed by atoms with van der Waals surface area (Å²) in [4.78, 5) is 0. The van der Waals surface area contributed by atoms with Crippen LogP contribution in [0.1, 0.15) is 36.5 Å². The number of hydrogen-bond acceptors (Lipinski definition) is 3. The van der Waals surface area contributed by atoms with Crippen molar-refractivity contribution in [2.45, 2.75) is 32.2 Å². The van der Waals surface area contributed by atoms with E-state index in [4.69, 9.17) is 0 Å². The first-order valence-electron chi connectivity index (χ1n) is 7.08. The van der Waals surface area contributed by atoms with Gasteiger partial charge < -0.3 is 4.57 Å². The highest BCUT2D eigenvalue weighted by Crippen LogP contribution is 2.22. The number of fused-ring (bicyclic) bond motifs is 1. The normalized spacial score (nSPS) is 15.1. The van der Waals surface area contributed by atoms with Gasteiger partial charge in [0, 0.05) is 18.5 Å². The molecule has 0 fully saturated rings. The van der Waals surface area contributed by atoms with Crippen LogP contribution >= 0.6 is 0 Å². The fraction of sp³-hybridized carbons (Fsp3) is 0.312. The number of hydrogen-bond donors (Lipinski definition) is 0. The van der Waals surface area contributed by atoms with E-state index in [1.807, 2.05) is 4.57 Å². The maximum atomic E-state index is 13.7. The fourth-order valence-electron chi connectivity index (χ4n) is 2.58. The fourth-order valence-corrected chi connectivity index (χ4v) is 2.58. The van der Waals surface area contributed by atoms with Crippen molar-refractivity contribution in [3.63, 3.8) is 0 Å². The Bertz CT molecular complexity index is 724. The van der Waals surface area contributed by atoms with Crippen LogP contribution in [-0.4, -0.2) is 14.8 Å². The first-order chi connectivity index (χ1) is 10.3. The van der Waals surface area contributed by atoms with E-state index in [9.17, 15) is 9.65 Å². The van der Waals surface area contributed by atoms with Crippen LogP contribution in [0.5, 0.6) is 0 Å². The Balaban J connectivity index is 2.04. The van der Waals surface area contributed by atoms with Gasteiger partial charge in [0.05, 0.1) is 5.57 Å². The van der Waals surface area contributed by atoms with Gasteiger partial charge in [0.1, 0.15) is 17.7 Å². The lowest BCUT2D eigenvalue weighted by Crippen LogP contribution is -2.05. The quantitative estimate of drug-likeness (QED) is 0.795. The summed E-state index contributed by atoms with van der Waals surface area (Å²) in [7, 11) is 0. The number of nitrogens with zero attached hydrogens (tertiary/aromatic N) is 4. The summed E-state index contributed by atoms with van der Waals surface area (Å²) in [5, 5.41) is 17.7. The van der Waals surface area contributed by atoms with Crippen LogP contribution < -0.4 is 0 Å². The van der Waals surface area contributed by atoms with Crippen molar-refractivity contribution in [2.75, 3.05) is 0 Å². The van der Waals surface area contributed by atoms with Gasteiger partial charge in [0.25, 0.3) is 0 Å². The van der Waals surface area contributed by atoms with E-state index in [-0.39, 0.29) is 5.82 Å². The van der Waals surface area contributed by atoms with Gasteiger partial charge in [0.15, 0.2) is 5.82 Å². The number of halogens is 1. The maximum absolute atomic E-state index is 13.7. The molecule has 0 atom stereocenters. The minimum Gasteiger partial charge on any atom is -0.310 e. The van der Waals surface area contributed by atoms with Crippen molar-refractivity contribution in [3.8, 4) is 6.07 Å². The highest BCUT2D eigenvalue weighted by atomic mass is 19.1. The third-order valence-corrected chi connectivity index (χ3v) is 3.68. The lowest BCUT2D eigenvalue weighted by molar-refractivity contribution is 0.624. The summed E-state index contributed by atoms with van der Waals surface area (Å²) < 4.78 is 15.7. The molecule has 0 radical (unpaired) electrons. The van der Waals surface area contributed by atoms with Gasteiger partial charge in [0.2, 0.25) is 0 Å². The maximum Gasteiger partial charge on any atom is 0.174 e. The molecule has 21 heavy (non-hydrogen) atoms. The van der Waals surface area contributed by atoms with Crippen molar-refractivity contribution in [2.24, 2.45) is 0 Å². The van der Waals surface area contributed by atoms with Crippen molar-refractivity contribution in [3.05, 3.63) is 47.3 Å². The van der Waals surface area contributed by atoms with Crippen LogP contribution in [0.2, 0.25) is 0 Å². The Morgan fingerprint density at radius 2 is 2.10 bits per heavy atom. The van der Waals surface area contributed by atoms with Gasteiger partial charge in [-0.15, -0.1) is 10.2 Å². The summed E-state index contributed by atoms with van der Waals surface area (Å²) in [6.45, 7) is 0.813. The van der Waals surface area contributed by atoms with Gasteiger partial charge in [-0.05, 0) is 25.0 Å². The van der Waals surface area contributed by atoms with Crippen molar-refractivity contribution >= 4 is 11.6 Å². The molecule has 0 amide bonds. The number of benzene rings is 1. The monoisotopic (exact) mass is 282 g/mol. The largest absolute Gasteiger partial charge is 0.310 e. The third-order valence-electron chi connectivity index (χ3n) is 3.68. The highest BCUT2D eigenvalue weighted by molar-refractivity contribution is 5.87. The topological polar surface area (TPSA) is 54.5 Å². The minimum absolute atomic E-state index is 0.346. The second-order valence-electron chi connectivity index (χ2n) is 5.09. The molecule has 0 spiro atoms. The van der Waals surface area contributed by atoms with Gasteiger partial charge in [-0.1, -0.05) is 24.6 Å². The number of aryl methyl sites for hydroxylation is 1. The molecule has 1 aromatic carbocycles. The Morgan fingerprint density at radius 3 is 2.90 bits per heavy atom. The predicted molar refractivity (Wildman–Crippen MR) is 77.5 cm³/mol. The van der Waals surface area contributed by atoms with Crippen LogP contribution in [0.25, 0.3) is 11.6 Å². The van der Waals surface area contributed by atoms with E-state index in [0.29, 0.717) is 17.0 Å². The molecule has 1 aliphatic rings. The first kappa shape index (κ1) is 13.5. The summed E-state index contributed by atoms with van der Waals surface area (Å²) >= 11 is 0. The highest BCUT2D eigenvalue weighted by Gasteiger charge is 2.17. The summed E-state index contributed by atoms with van der Waals surface area (Å²) in [6, 6.07) is 8.52. The second kappa shape index (κ2) is 5.88. The van der Waals surface area contributed by atoms with E-state index < -0.39 is 0 Å². The molecule has 0 saturated heterocycles. The van der Waals surface area contributed by atoms with E-state index in [0.717, 1.165) is 38.1 Å². The smallest absolute Gasteiger partial charge is 0.174 e. The minimum atomic E-state index is -0.346. The Labute approximate surface area is 122 Å². The average Bonchev–Trinajstić information content (AvgIpc) is 2.75. The van der Waals surface area contributed by atoms with Crippen LogP contribution in [0, 0.1) is 17.1 Å².